The zero-order valence-corrected chi connectivity index (χ0v) is 11.6. The van der Waals surface area contributed by atoms with Crippen LogP contribution >= 0.6 is 12.2 Å². The molecule has 0 unspecified atom stereocenters. The lowest BCUT2D eigenvalue weighted by Gasteiger charge is -2.23. The van der Waals surface area contributed by atoms with Gasteiger partial charge in [-0.1, -0.05) is 25.3 Å². The third kappa shape index (κ3) is 3.13. The van der Waals surface area contributed by atoms with Crippen molar-refractivity contribution in [3.63, 3.8) is 0 Å². The number of nitrogens with one attached hydrogen (secondary N) is 1. The molecule has 1 saturated carbocycles. The molecule has 1 aromatic carbocycles. The fourth-order valence-corrected chi connectivity index (χ4v) is 2.76. The number of rotatable bonds is 3. The largest absolute Gasteiger partial charge is 0.495 e. The molecule has 98 valence electrons. The second-order valence-corrected chi connectivity index (χ2v) is 5.22. The summed E-state index contributed by atoms with van der Waals surface area (Å²) in [5, 5.41) is 3.26. The van der Waals surface area contributed by atoms with E-state index in [-0.39, 0.29) is 5.11 Å². The molecule has 0 bridgehead atoms. The van der Waals surface area contributed by atoms with Crippen LogP contribution in [0.1, 0.15) is 43.6 Å². The monoisotopic (exact) mass is 264 g/mol. The molecule has 1 aliphatic rings. The van der Waals surface area contributed by atoms with Crippen molar-refractivity contribution < 1.29 is 4.74 Å². The standard InChI is InChI=1S/C14H20N2OS/c1-17-13-8-7-11(9-12(13)16-14(15)18)10-5-3-2-4-6-10/h7-10H,2-6H2,1H3,(H3,15,16,18). The quantitative estimate of drug-likeness (QED) is 0.821. The number of hydrogen-bond acceptors (Lipinski definition) is 2. The van der Waals surface area contributed by atoms with Gasteiger partial charge in [-0.15, -0.1) is 0 Å². The molecule has 1 fully saturated rings. The number of methoxy groups -OCH3 is 1. The van der Waals surface area contributed by atoms with E-state index in [1.54, 1.807) is 7.11 Å². The fraction of sp³-hybridized carbons (Fsp3) is 0.500. The average Bonchev–Trinajstić information content (AvgIpc) is 2.39. The zero-order chi connectivity index (χ0) is 13.0. The zero-order valence-electron chi connectivity index (χ0n) is 10.7. The third-order valence-corrected chi connectivity index (χ3v) is 3.66. The van der Waals surface area contributed by atoms with E-state index >= 15 is 0 Å². The van der Waals surface area contributed by atoms with Crippen molar-refractivity contribution in [1.82, 2.24) is 0 Å². The first kappa shape index (κ1) is 13.1. The van der Waals surface area contributed by atoms with Crippen LogP contribution in [0.3, 0.4) is 0 Å². The lowest BCUT2D eigenvalue weighted by molar-refractivity contribution is 0.415. The molecule has 3 N–H and O–H groups in total. The summed E-state index contributed by atoms with van der Waals surface area (Å²) in [6.45, 7) is 0. The number of anilines is 1. The second-order valence-electron chi connectivity index (χ2n) is 4.78. The number of benzene rings is 1. The molecule has 2 rings (SSSR count). The van der Waals surface area contributed by atoms with Crippen molar-refractivity contribution in [1.29, 1.82) is 0 Å². The molecule has 3 nitrogen and oxygen atoms in total. The molecular weight excluding hydrogens is 244 g/mol. The molecule has 0 saturated heterocycles. The molecule has 0 radical (unpaired) electrons. The highest BCUT2D eigenvalue weighted by atomic mass is 32.1. The van der Waals surface area contributed by atoms with Gasteiger partial charge in [0.2, 0.25) is 0 Å². The van der Waals surface area contributed by atoms with Crippen molar-refractivity contribution in [2.75, 3.05) is 12.4 Å². The fourth-order valence-electron chi connectivity index (χ4n) is 2.65. The SMILES string of the molecule is COc1ccc(C2CCCCC2)cc1NC(N)=S. The van der Waals surface area contributed by atoms with Gasteiger partial charge in [0.1, 0.15) is 5.75 Å². The van der Waals surface area contributed by atoms with E-state index in [4.69, 9.17) is 22.7 Å². The first-order valence-electron chi connectivity index (χ1n) is 6.45. The maximum Gasteiger partial charge on any atom is 0.168 e. The second kappa shape index (κ2) is 6.05. The highest BCUT2D eigenvalue weighted by Gasteiger charge is 2.17. The smallest absolute Gasteiger partial charge is 0.168 e. The van der Waals surface area contributed by atoms with Gasteiger partial charge in [0.15, 0.2) is 5.11 Å². The molecule has 0 aliphatic heterocycles. The van der Waals surface area contributed by atoms with Gasteiger partial charge in [-0.2, -0.15) is 0 Å². The van der Waals surface area contributed by atoms with E-state index in [9.17, 15) is 0 Å². The van der Waals surface area contributed by atoms with E-state index in [1.165, 1.54) is 37.7 Å². The van der Waals surface area contributed by atoms with Gasteiger partial charge in [-0.25, -0.2) is 0 Å². The van der Waals surface area contributed by atoms with Gasteiger partial charge in [-0.3, -0.25) is 0 Å². The van der Waals surface area contributed by atoms with Crippen molar-refractivity contribution in [2.24, 2.45) is 5.73 Å². The van der Waals surface area contributed by atoms with Gasteiger partial charge in [0.05, 0.1) is 12.8 Å². The third-order valence-electron chi connectivity index (χ3n) is 3.56. The first-order chi connectivity index (χ1) is 8.70. The van der Waals surface area contributed by atoms with Gasteiger partial charge in [0, 0.05) is 0 Å². The summed E-state index contributed by atoms with van der Waals surface area (Å²) in [6, 6.07) is 6.26. The summed E-state index contributed by atoms with van der Waals surface area (Å²) in [5.74, 6) is 1.44. The maximum absolute atomic E-state index is 5.54. The summed E-state index contributed by atoms with van der Waals surface area (Å²) >= 11 is 4.90. The Kier molecular flexibility index (Phi) is 4.42. The van der Waals surface area contributed by atoms with Gasteiger partial charge >= 0.3 is 0 Å². The Morgan fingerprint density at radius 2 is 2.06 bits per heavy atom. The lowest BCUT2D eigenvalue weighted by atomic mass is 9.84. The minimum absolute atomic E-state index is 0.272. The van der Waals surface area contributed by atoms with Crippen molar-refractivity contribution in [3.05, 3.63) is 23.8 Å². The van der Waals surface area contributed by atoms with Crippen LogP contribution < -0.4 is 15.8 Å². The number of hydrogen-bond donors (Lipinski definition) is 2. The topological polar surface area (TPSA) is 47.3 Å². The number of thiocarbonyl (C=S) groups is 1. The van der Waals surface area contributed by atoms with E-state index in [1.807, 2.05) is 6.07 Å². The van der Waals surface area contributed by atoms with Crippen LogP contribution in [0.2, 0.25) is 0 Å². The maximum atomic E-state index is 5.54. The van der Waals surface area contributed by atoms with E-state index in [0.717, 1.165) is 11.4 Å². The Morgan fingerprint density at radius 3 is 2.67 bits per heavy atom. The Hall–Kier alpha value is -1.29. The van der Waals surface area contributed by atoms with Gasteiger partial charge in [-0.05, 0) is 48.7 Å². The highest BCUT2D eigenvalue weighted by molar-refractivity contribution is 7.80. The van der Waals surface area contributed by atoms with E-state index in [2.05, 4.69) is 17.4 Å². The summed E-state index contributed by atoms with van der Waals surface area (Å²) in [7, 11) is 1.65. The Labute approximate surface area is 114 Å². The molecule has 4 heteroatoms. The van der Waals surface area contributed by atoms with Crippen LogP contribution in [0.15, 0.2) is 18.2 Å². The molecule has 0 spiro atoms. The van der Waals surface area contributed by atoms with Crippen LogP contribution in [0.4, 0.5) is 5.69 Å². The van der Waals surface area contributed by atoms with Gasteiger partial charge in [0.25, 0.3) is 0 Å². The van der Waals surface area contributed by atoms with Crippen molar-refractivity contribution in [2.45, 2.75) is 38.0 Å². The highest BCUT2D eigenvalue weighted by Crippen LogP contribution is 2.36. The van der Waals surface area contributed by atoms with Crippen LogP contribution in [-0.2, 0) is 0 Å². The van der Waals surface area contributed by atoms with Crippen molar-refractivity contribution in [3.8, 4) is 5.75 Å². The Bertz CT molecular complexity index is 428. The molecule has 0 aromatic heterocycles. The van der Waals surface area contributed by atoms with Crippen LogP contribution in [-0.4, -0.2) is 12.2 Å². The van der Waals surface area contributed by atoms with Crippen LogP contribution in [0.25, 0.3) is 0 Å². The van der Waals surface area contributed by atoms with Crippen LogP contribution in [0.5, 0.6) is 5.75 Å². The molecular formula is C14H20N2OS. The number of ether oxygens (including phenoxy) is 1. The van der Waals surface area contributed by atoms with Gasteiger partial charge < -0.3 is 15.8 Å². The molecule has 0 atom stereocenters. The Morgan fingerprint density at radius 1 is 1.33 bits per heavy atom. The predicted molar refractivity (Wildman–Crippen MR) is 79.2 cm³/mol. The first-order valence-corrected chi connectivity index (χ1v) is 6.86. The molecule has 0 amide bonds. The summed E-state index contributed by atoms with van der Waals surface area (Å²) in [5.41, 5.74) is 7.77. The average molecular weight is 264 g/mol. The van der Waals surface area contributed by atoms with Crippen LogP contribution in [0, 0.1) is 0 Å². The normalized spacial score (nSPS) is 16.3. The minimum Gasteiger partial charge on any atom is -0.495 e. The summed E-state index contributed by atoms with van der Waals surface area (Å²) in [4.78, 5) is 0. The predicted octanol–water partition coefficient (Wildman–Crippen LogP) is 3.40. The van der Waals surface area contributed by atoms with E-state index in [0.29, 0.717) is 5.92 Å². The minimum atomic E-state index is 0.272. The molecule has 0 heterocycles. The molecule has 18 heavy (non-hydrogen) atoms. The lowest BCUT2D eigenvalue weighted by Crippen LogP contribution is -2.19. The molecule has 1 aromatic rings. The summed E-state index contributed by atoms with van der Waals surface area (Å²) < 4.78 is 5.31. The summed E-state index contributed by atoms with van der Waals surface area (Å²) in [6.07, 6.45) is 6.58. The number of nitrogens with two attached hydrogens (primary N) is 1. The van der Waals surface area contributed by atoms with E-state index < -0.39 is 0 Å². The molecule has 1 aliphatic carbocycles. The van der Waals surface area contributed by atoms with Crippen molar-refractivity contribution >= 4 is 23.0 Å². The Balaban J connectivity index is 2.23.